The lowest BCUT2D eigenvalue weighted by Gasteiger charge is -2.28. The Morgan fingerprint density at radius 3 is 2.62 bits per heavy atom. The maximum absolute atomic E-state index is 4.38. The summed E-state index contributed by atoms with van der Waals surface area (Å²) in [6.07, 6.45) is 4.55. The van der Waals surface area contributed by atoms with E-state index in [2.05, 4.69) is 48.5 Å². The summed E-state index contributed by atoms with van der Waals surface area (Å²) in [5.74, 6) is 0. The van der Waals surface area contributed by atoms with E-state index in [-0.39, 0.29) is 5.41 Å². The molecule has 0 saturated carbocycles. The number of nitrogens with zero attached hydrogens (tertiary/aromatic N) is 1. The number of hydrogen-bond donors (Lipinski definition) is 0. The lowest BCUT2D eigenvalue weighted by atomic mass is 9.78. The molecule has 0 amide bonds. The molecule has 13 heavy (non-hydrogen) atoms. The van der Waals surface area contributed by atoms with E-state index in [4.69, 9.17) is 0 Å². The zero-order valence-electron chi connectivity index (χ0n) is 8.03. The van der Waals surface area contributed by atoms with Crippen LogP contribution in [0.25, 0.3) is 0 Å². The number of rotatable bonds is 1. The van der Waals surface area contributed by atoms with Crippen LogP contribution >= 0.6 is 0 Å². The van der Waals surface area contributed by atoms with Crippen molar-refractivity contribution in [1.29, 1.82) is 0 Å². The first-order valence-electron chi connectivity index (χ1n) is 4.88. The molecule has 0 fully saturated rings. The van der Waals surface area contributed by atoms with Crippen molar-refractivity contribution in [1.82, 2.24) is 0 Å². The van der Waals surface area contributed by atoms with E-state index in [1.54, 1.807) is 0 Å². The predicted octanol–water partition coefficient (Wildman–Crippen LogP) is 2.81. The highest BCUT2D eigenvalue weighted by Gasteiger charge is 2.25. The van der Waals surface area contributed by atoms with Gasteiger partial charge >= 0.3 is 0 Å². The third-order valence-corrected chi connectivity index (χ3v) is 2.79. The van der Waals surface area contributed by atoms with Crippen LogP contribution in [0.2, 0.25) is 0 Å². The summed E-state index contributed by atoms with van der Waals surface area (Å²) in [5, 5.41) is 0. The van der Waals surface area contributed by atoms with Crippen molar-refractivity contribution in [2.24, 2.45) is 4.99 Å². The fourth-order valence-electron chi connectivity index (χ4n) is 1.91. The highest BCUT2D eigenvalue weighted by atomic mass is 14.7. The molecule has 1 unspecified atom stereocenters. The van der Waals surface area contributed by atoms with Gasteiger partial charge in [-0.05, 0) is 18.4 Å². The monoisotopic (exact) mass is 173 g/mol. The maximum Gasteiger partial charge on any atom is 0.0386 e. The second kappa shape index (κ2) is 3.33. The minimum absolute atomic E-state index is 0.180. The topological polar surface area (TPSA) is 12.4 Å². The zero-order chi connectivity index (χ0) is 9.15. The fraction of sp³-hybridized carbons (Fsp3) is 0.417. The molecule has 0 aliphatic carbocycles. The average molecular weight is 173 g/mol. The van der Waals surface area contributed by atoms with Crippen LogP contribution < -0.4 is 0 Å². The molecule has 0 aromatic heterocycles. The van der Waals surface area contributed by atoms with Gasteiger partial charge in [0.15, 0.2) is 0 Å². The molecule has 0 bridgehead atoms. The van der Waals surface area contributed by atoms with Crippen molar-refractivity contribution in [2.45, 2.75) is 25.2 Å². The Labute approximate surface area is 79.5 Å². The first kappa shape index (κ1) is 8.49. The first-order valence-corrected chi connectivity index (χ1v) is 4.88. The Balaban J connectivity index is 2.34. The van der Waals surface area contributed by atoms with Crippen LogP contribution in [0.4, 0.5) is 0 Å². The minimum Gasteiger partial charge on any atom is -0.297 e. The molecule has 0 saturated heterocycles. The van der Waals surface area contributed by atoms with Crippen LogP contribution in [0.3, 0.4) is 0 Å². The van der Waals surface area contributed by atoms with Crippen molar-refractivity contribution in [3.05, 3.63) is 35.9 Å². The third-order valence-electron chi connectivity index (χ3n) is 2.79. The second-order valence-corrected chi connectivity index (χ2v) is 3.92. The summed E-state index contributed by atoms with van der Waals surface area (Å²) >= 11 is 0. The van der Waals surface area contributed by atoms with Crippen molar-refractivity contribution in [2.75, 3.05) is 6.54 Å². The number of aliphatic imine (C=N–C) groups is 1. The maximum atomic E-state index is 4.38. The molecule has 1 aliphatic heterocycles. The molecule has 68 valence electrons. The lowest BCUT2D eigenvalue weighted by Crippen LogP contribution is -2.26. The van der Waals surface area contributed by atoms with Crippen molar-refractivity contribution < 1.29 is 0 Å². The third kappa shape index (κ3) is 1.64. The number of hydrogen-bond acceptors (Lipinski definition) is 1. The smallest absolute Gasteiger partial charge is 0.0386 e. The molecule has 1 aromatic rings. The van der Waals surface area contributed by atoms with Gasteiger partial charge in [0.2, 0.25) is 0 Å². The SMILES string of the molecule is CC1(c2ccccc2)C=NCCC1. The summed E-state index contributed by atoms with van der Waals surface area (Å²) in [6, 6.07) is 10.6. The van der Waals surface area contributed by atoms with Crippen molar-refractivity contribution in [3.63, 3.8) is 0 Å². The van der Waals surface area contributed by atoms with Crippen LogP contribution in [0.5, 0.6) is 0 Å². The van der Waals surface area contributed by atoms with Crippen LogP contribution in [-0.2, 0) is 5.41 Å². The Bertz CT molecular complexity index is 302. The summed E-state index contributed by atoms with van der Waals surface area (Å²) in [5.41, 5.74) is 1.57. The van der Waals surface area contributed by atoms with Gasteiger partial charge in [-0.15, -0.1) is 0 Å². The normalized spacial score (nSPS) is 27.5. The zero-order valence-corrected chi connectivity index (χ0v) is 8.03. The standard InChI is InChI=1S/C12H15N/c1-12(8-5-9-13-10-12)11-6-3-2-4-7-11/h2-4,6-7,10H,5,8-9H2,1H3. The van der Waals surface area contributed by atoms with Crippen LogP contribution in [0, 0.1) is 0 Å². The molecule has 0 N–H and O–H groups in total. The molecule has 1 heteroatoms. The summed E-state index contributed by atoms with van der Waals surface area (Å²) < 4.78 is 0. The van der Waals surface area contributed by atoms with Gasteiger partial charge in [-0.3, -0.25) is 4.99 Å². The quantitative estimate of drug-likeness (QED) is 0.619. The molecule has 1 aromatic carbocycles. The van der Waals surface area contributed by atoms with Gasteiger partial charge < -0.3 is 0 Å². The van der Waals surface area contributed by atoms with Gasteiger partial charge in [0.05, 0.1) is 0 Å². The summed E-state index contributed by atoms with van der Waals surface area (Å²) in [6.45, 7) is 3.27. The Morgan fingerprint density at radius 2 is 2.00 bits per heavy atom. The van der Waals surface area contributed by atoms with Gasteiger partial charge in [0.25, 0.3) is 0 Å². The van der Waals surface area contributed by atoms with Gasteiger partial charge in [-0.1, -0.05) is 37.3 Å². The van der Waals surface area contributed by atoms with Gasteiger partial charge in [0.1, 0.15) is 0 Å². The Hall–Kier alpha value is -1.11. The van der Waals surface area contributed by atoms with E-state index < -0.39 is 0 Å². The molecule has 1 atom stereocenters. The predicted molar refractivity (Wildman–Crippen MR) is 56.4 cm³/mol. The number of benzene rings is 1. The van der Waals surface area contributed by atoms with E-state index in [9.17, 15) is 0 Å². The molecule has 1 aliphatic rings. The summed E-state index contributed by atoms with van der Waals surface area (Å²) in [4.78, 5) is 4.38. The average Bonchev–Trinajstić information content (AvgIpc) is 2.20. The molecular weight excluding hydrogens is 158 g/mol. The molecule has 1 nitrogen and oxygen atoms in total. The van der Waals surface area contributed by atoms with Crippen LogP contribution in [0.1, 0.15) is 25.3 Å². The highest BCUT2D eigenvalue weighted by molar-refractivity contribution is 5.73. The highest BCUT2D eigenvalue weighted by Crippen LogP contribution is 2.29. The van der Waals surface area contributed by atoms with Crippen molar-refractivity contribution >= 4 is 6.21 Å². The van der Waals surface area contributed by atoms with E-state index in [0.29, 0.717) is 0 Å². The van der Waals surface area contributed by atoms with Crippen LogP contribution in [0.15, 0.2) is 35.3 Å². The van der Waals surface area contributed by atoms with E-state index in [1.165, 1.54) is 18.4 Å². The minimum atomic E-state index is 0.180. The van der Waals surface area contributed by atoms with E-state index in [1.807, 2.05) is 0 Å². The van der Waals surface area contributed by atoms with Gasteiger partial charge in [0, 0.05) is 18.2 Å². The second-order valence-electron chi connectivity index (χ2n) is 3.92. The van der Waals surface area contributed by atoms with E-state index in [0.717, 1.165) is 6.54 Å². The fourth-order valence-corrected chi connectivity index (χ4v) is 1.91. The van der Waals surface area contributed by atoms with Gasteiger partial charge in [-0.25, -0.2) is 0 Å². The Morgan fingerprint density at radius 1 is 1.23 bits per heavy atom. The van der Waals surface area contributed by atoms with Crippen LogP contribution in [-0.4, -0.2) is 12.8 Å². The lowest BCUT2D eigenvalue weighted by molar-refractivity contribution is 0.538. The van der Waals surface area contributed by atoms with Gasteiger partial charge in [-0.2, -0.15) is 0 Å². The molecular formula is C12H15N. The molecule has 0 radical (unpaired) electrons. The molecule has 2 rings (SSSR count). The largest absolute Gasteiger partial charge is 0.297 e. The first-order chi connectivity index (χ1) is 6.31. The van der Waals surface area contributed by atoms with Crippen molar-refractivity contribution in [3.8, 4) is 0 Å². The molecule has 0 spiro atoms. The summed E-state index contributed by atoms with van der Waals surface area (Å²) in [7, 11) is 0. The van der Waals surface area contributed by atoms with E-state index >= 15 is 0 Å². The molecule has 1 heterocycles. The Kier molecular flexibility index (Phi) is 2.17.